The van der Waals surface area contributed by atoms with Gasteiger partial charge in [0.25, 0.3) is 0 Å². The van der Waals surface area contributed by atoms with Crippen LogP contribution in [0.4, 0.5) is 23.3 Å². The van der Waals surface area contributed by atoms with Crippen molar-refractivity contribution in [1.29, 1.82) is 0 Å². The minimum absolute atomic E-state index is 0. The average molecular weight is 163 g/mol. The summed E-state index contributed by atoms with van der Waals surface area (Å²) in [5.74, 6) is 0. The maximum absolute atomic E-state index is 10.5. The van der Waals surface area contributed by atoms with Crippen LogP contribution in [-0.2, 0) is 0 Å². The Morgan fingerprint density at radius 2 is 0.625 bits per heavy atom. The van der Waals surface area contributed by atoms with E-state index in [2.05, 4.69) is 0 Å². The molecule has 0 rings (SSSR count). The molecule has 8 heavy (non-hydrogen) atoms. The molecule has 0 aliphatic heterocycles. The third-order valence-electron chi connectivity index (χ3n) is 0. The van der Waals surface area contributed by atoms with E-state index in [9.17, 15) is 23.3 Å². The third-order valence-corrected chi connectivity index (χ3v) is 0. The molecule has 0 amide bonds. The van der Waals surface area contributed by atoms with E-state index in [4.69, 9.17) is 0 Å². The molecule has 0 saturated carbocycles. The summed E-state index contributed by atoms with van der Waals surface area (Å²) in [4.78, 5) is 0. The zero-order chi connectivity index (χ0) is 6.41. The Morgan fingerprint density at radius 3 is 0.625 bits per heavy atom. The minimum atomic E-state index is -10.5. The Balaban J connectivity index is 0. The van der Waals surface area contributed by atoms with Gasteiger partial charge in [0.1, 0.15) is 0 Å². The largest absolute Gasteiger partial charge is 0.431 e. The van der Waals surface area contributed by atoms with Crippen LogP contribution in [0.15, 0.2) is 0 Å². The summed E-state index contributed by atoms with van der Waals surface area (Å²) in [5.41, 5.74) is 0. The summed E-state index contributed by atoms with van der Waals surface area (Å²) in [5, 5.41) is 0. The molecule has 0 unspecified atom stereocenters. The van der Waals surface area contributed by atoms with E-state index in [0.717, 1.165) is 0 Å². The van der Waals surface area contributed by atoms with Gasteiger partial charge in [0.15, 0.2) is 0 Å². The van der Waals surface area contributed by atoms with E-state index >= 15 is 0 Å². The summed E-state index contributed by atoms with van der Waals surface area (Å²) >= 11 is 0. The first-order valence-corrected chi connectivity index (χ1v) is 2.78. The average Bonchev–Trinajstić information content (AvgIpc) is 0.592. The van der Waals surface area contributed by atoms with Gasteiger partial charge in [0.2, 0.25) is 0 Å². The molecule has 0 aromatic carbocycles. The van der Waals surface area contributed by atoms with E-state index < -0.39 is 10.6 Å². The van der Waals surface area contributed by atoms with E-state index in [1.807, 2.05) is 0 Å². The van der Waals surface area contributed by atoms with Crippen molar-refractivity contribution >= 4 is 10.6 Å². The fourth-order valence-electron chi connectivity index (χ4n) is 0. The molecular weight excluding hydrogens is 160 g/mol. The molecule has 0 aliphatic rings. The van der Waals surface area contributed by atoms with Gasteiger partial charge in [-0.2, -0.15) is 0 Å². The second-order valence-electron chi connectivity index (χ2n) is 0.875. The summed E-state index contributed by atoms with van der Waals surface area (Å²) < 4.78 is 59.1. The van der Waals surface area contributed by atoms with Crippen molar-refractivity contribution in [2.24, 2.45) is 0 Å². The van der Waals surface area contributed by atoms with Crippen molar-refractivity contribution < 1.29 is 23.3 Å². The first-order chi connectivity index (χ1) is 2.45. The monoisotopic (exact) mass is 163 g/mol. The molecule has 0 spiro atoms. The van der Waals surface area contributed by atoms with Crippen LogP contribution in [0, 0.1) is 0 Å². The second-order valence-corrected chi connectivity index (χ2v) is 2.62. The van der Waals surface area contributed by atoms with Gasteiger partial charge < -0.3 is 6.15 Å². The Kier molecular flexibility index (Phi) is 1.45. The van der Waals surface area contributed by atoms with Crippen LogP contribution in [0.5, 0.6) is 0 Å². The highest BCUT2D eigenvalue weighted by molar-refractivity contribution is 8.41. The van der Waals surface area contributed by atoms with E-state index in [-0.39, 0.29) is 6.15 Å². The molecular formula is H3F6NS. The highest BCUT2D eigenvalue weighted by Crippen LogP contribution is 2.99. The zero-order valence-corrected chi connectivity index (χ0v) is 4.20. The van der Waals surface area contributed by atoms with Crippen molar-refractivity contribution in [3.63, 3.8) is 0 Å². The van der Waals surface area contributed by atoms with Crippen LogP contribution < -0.4 is 6.15 Å². The number of rotatable bonds is 0. The molecule has 0 bridgehead atoms. The highest BCUT2D eigenvalue weighted by atomic mass is 32.5. The third kappa shape index (κ3) is 11600. The Morgan fingerprint density at radius 1 is 0.625 bits per heavy atom. The van der Waals surface area contributed by atoms with Crippen LogP contribution in [0.3, 0.4) is 0 Å². The van der Waals surface area contributed by atoms with Crippen molar-refractivity contribution in [1.82, 2.24) is 6.15 Å². The van der Waals surface area contributed by atoms with E-state index in [1.54, 1.807) is 0 Å². The Labute approximate surface area is 41.3 Å². The zero-order valence-electron chi connectivity index (χ0n) is 3.38. The molecule has 0 atom stereocenters. The smallest absolute Gasteiger partial charge is 0.344 e. The first kappa shape index (κ1) is 10.8. The highest BCUT2D eigenvalue weighted by Gasteiger charge is 2.64. The SMILES string of the molecule is FS(F)(F)(F)(F)F.N. The number of halogens is 6. The van der Waals surface area contributed by atoms with Crippen LogP contribution in [0.2, 0.25) is 0 Å². The van der Waals surface area contributed by atoms with Crippen LogP contribution >= 0.6 is 10.6 Å². The summed E-state index contributed by atoms with van der Waals surface area (Å²) in [6, 6.07) is 0. The fraction of sp³-hybridized carbons (Fsp3) is 0. The molecule has 3 N–H and O–H groups in total. The van der Waals surface area contributed by atoms with Crippen molar-refractivity contribution in [2.45, 2.75) is 0 Å². The van der Waals surface area contributed by atoms with Crippen LogP contribution in [-0.4, -0.2) is 0 Å². The second kappa shape index (κ2) is 1.08. The van der Waals surface area contributed by atoms with Gasteiger partial charge in [-0.15, -0.1) is 0 Å². The Hall–Kier alpha value is -0.110. The van der Waals surface area contributed by atoms with Gasteiger partial charge in [0, 0.05) is 0 Å². The summed E-state index contributed by atoms with van der Waals surface area (Å²) in [6.07, 6.45) is 0. The molecule has 1 nitrogen and oxygen atoms in total. The van der Waals surface area contributed by atoms with Crippen LogP contribution in [0.25, 0.3) is 0 Å². The fourth-order valence-corrected chi connectivity index (χ4v) is 0. The topological polar surface area (TPSA) is 35.0 Å². The van der Waals surface area contributed by atoms with Crippen molar-refractivity contribution in [2.75, 3.05) is 0 Å². The lowest BCUT2D eigenvalue weighted by Gasteiger charge is -2.28. The maximum Gasteiger partial charge on any atom is 0.431 e. The predicted octanol–water partition coefficient (Wildman–Crippen LogP) is 3.33. The molecule has 0 heterocycles. The van der Waals surface area contributed by atoms with Gasteiger partial charge in [-0.05, 0) is 0 Å². The molecule has 0 aromatic rings. The molecule has 56 valence electrons. The Bertz CT molecular complexity index is 67.1. The molecule has 0 radical (unpaired) electrons. The summed E-state index contributed by atoms with van der Waals surface area (Å²) in [6.45, 7) is 0. The van der Waals surface area contributed by atoms with Gasteiger partial charge in [0.05, 0.1) is 0 Å². The molecule has 0 saturated heterocycles. The van der Waals surface area contributed by atoms with Crippen molar-refractivity contribution in [3.05, 3.63) is 0 Å². The van der Waals surface area contributed by atoms with Crippen molar-refractivity contribution in [3.8, 4) is 0 Å². The lowest BCUT2D eigenvalue weighted by Crippen LogP contribution is -1.92. The van der Waals surface area contributed by atoms with E-state index in [1.165, 1.54) is 0 Å². The van der Waals surface area contributed by atoms with Gasteiger partial charge in [-0.25, -0.2) is 0 Å². The van der Waals surface area contributed by atoms with Gasteiger partial charge >= 0.3 is 10.6 Å². The maximum atomic E-state index is 9.85. The number of hydrogen-bond acceptors (Lipinski definition) is 1. The first-order valence-electron chi connectivity index (χ1n) is 0.926. The van der Waals surface area contributed by atoms with Gasteiger partial charge in [-0.1, -0.05) is 23.3 Å². The predicted molar refractivity (Wildman–Crippen MR) is 19.3 cm³/mol. The minimum Gasteiger partial charge on any atom is -0.344 e. The molecule has 0 fully saturated rings. The normalized spacial score (nSPS) is 20.2. The quantitative estimate of drug-likeness (QED) is 0.546. The molecule has 0 aromatic heterocycles. The lowest BCUT2D eigenvalue weighted by atomic mass is 14.0. The number of hydrogen-bond donors (Lipinski definition) is 1. The molecule has 0 aliphatic carbocycles. The molecule has 8 heteroatoms. The standard InChI is InChI=1S/F6S.H3N/c1-7(2,3,4,5)6;/h;1H3. The lowest BCUT2D eigenvalue weighted by molar-refractivity contribution is 0.291. The van der Waals surface area contributed by atoms with Crippen LogP contribution in [0.1, 0.15) is 0 Å². The van der Waals surface area contributed by atoms with E-state index in [0.29, 0.717) is 0 Å². The van der Waals surface area contributed by atoms with Gasteiger partial charge in [-0.3, -0.25) is 0 Å². The summed E-state index contributed by atoms with van der Waals surface area (Å²) in [7, 11) is -10.5.